The maximum Gasteiger partial charge on any atom is 0.0859 e. The number of hydrogen-bond donors (Lipinski definition) is 0. The van der Waals surface area contributed by atoms with Gasteiger partial charge in [0.15, 0.2) is 0 Å². The second kappa shape index (κ2) is 6.10. The summed E-state index contributed by atoms with van der Waals surface area (Å²) in [5, 5.41) is 8.57. The van der Waals surface area contributed by atoms with Gasteiger partial charge in [-0.1, -0.05) is 38.1 Å². The number of benzene rings is 2. The van der Waals surface area contributed by atoms with Crippen LogP contribution in [0.5, 0.6) is 0 Å². The Balaban J connectivity index is 2.18. The molecule has 2 heteroatoms. The molecule has 0 bridgehead atoms. The molecule has 0 amide bonds. The largest absolute Gasteiger partial charge is 0.151 e. The molecule has 0 atom stereocenters. The highest BCUT2D eigenvalue weighted by molar-refractivity contribution is 5.43. The maximum absolute atomic E-state index is 4.29. The zero-order chi connectivity index (χ0) is 12.8. The molecule has 0 N–H and O–H groups in total. The van der Waals surface area contributed by atoms with Crippen molar-refractivity contribution >= 4 is 11.4 Å². The van der Waals surface area contributed by atoms with Crippen LogP contribution >= 0.6 is 0 Å². The second-order valence-corrected chi connectivity index (χ2v) is 4.25. The topological polar surface area (TPSA) is 24.7 Å². The van der Waals surface area contributed by atoms with Crippen LogP contribution in [-0.2, 0) is 12.8 Å². The molecular formula is C16H18N2. The van der Waals surface area contributed by atoms with Gasteiger partial charge in [-0.15, -0.1) is 0 Å². The third kappa shape index (κ3) is 3.27. The third-order valence-electron chi connectivity index (χ3n) is 2.92. The summed E-state index contributed by atoms with van der Waals surface area (Å²) >= 11 is 0. The highest BCUT2D eigenvalue weighted by atomic mass is 15.1. The Morgan fingerprint density at radius 2 is 1.17 bits per heavy atom. The zero-order valence-corrected chi connectivity index (χ0v) is 10.9. The molecule has 0 spiro atoms. The van der Waals surface area contributed by atoms with Gasteiger partial charge in [0.2, 0.25) is 0 Å². The van der Waals surface area contributed by atoms with Gasteiger partial charge in [-0.3, -0.25) is 0 Å². The van der Waals surface area contributed by atoms with Crippen molar-refractivity contribution in [3.63, 3.8) is 0 Å². The summed E-state index contributed by atoms with van der Waals surface area (Å²) in [6.45, 7) is 4.28. The molecule has 2 aromatic carbocycles. The minimum absolute atomic E-state index is 0.913. The van der Waals surface area contributed by atoms with Crippen molar-refractivity contribution in [1.29, 1.82) is 0 Å². The van der Waals surface area contributed by atoms with E-state index in [9.17, 15) is 0 Å². The van der Waals surface area contributed by atoms with Crippen molar-refractivity contribution in [2.45, 2.75) is 26.7 Å². The van der Waals surface area contributed by atoms with E-state index in [-0.39, 0.29) is 0 Å². The van der Waals surface area contributed by atoms with E-state index in [4.69, 9.17) is 0 Å². The quantitative estimate of drug-likeness (QED) is 0.652. The lowest BCUT2D eigenvalue weighted by Gasteiger charge is -1.99. The number of azo groups is 1. The van der Waals surface area contributed by atoms with E-state index in [0.717, 1.165) is 24.2 Å². The predicted molar refractivity (Wildman–Crippen MR) is 75.8 cm³/mol. The molecule has 92 valence electrons. The van der Waals surface area contributed by atoms with Gasteiger partial charge in [-0.25, -0.2) is 0 Å². The van der Waals surface area contributed by atoms with E-state index in [2.05, 4.69) is 48.3 Å². The number of nitrogens with zero attached hydrogens (tertiary/aromatic N) is 2. The number of hydrogen-bond acceptors (Lipinski definition) is 2. The van der Waals surface area contributed by atoms with E-state index in [1.54, 1.807) is 0 Å². The van der Waals surface area contributed by atoms with Crippen LogP contribution in [0.15, 0.2) is 58.8 Å². The fourth-order valence-corrected chi connectivity index (χ4v) is 1.79. The van der Waals surface area contributed by atoms with Crippen LogP contribution in [0, 0.1) is 0 Å². The Bertz CT molecular complexity index is 495. The van der Waals surface area contributed by atoms with E-state index in [1.165, 1.54) is 11.1 Å². The van der Waals surface area contributed by atoms with Crippen molar-refractivity contribution in [1.82, 2.24) is 0 Å². The van der Waals surface area contributed by atoms with E-state index in [1.807, 2.05) is 24.3 Å². The average Bonchev–Trinajstić information content (AvgIpc) is 2.45. The average molecular weight is 238 g/mol. The lowest BCUT2D eigenvalue weighted by Crippen LogP contribution is -1.77. The van der Waals surface area contributed by atoms with E-state index < -0.39 is 0 Å². The standard InChI is InChI=1S/C16H18N2/c1-3-13-7-5-9-15(11-13)17-18-16-10-6-8-14(4-2)12-16/h5-12H,3-4H2,1-2H3. The highest BCUT2D eigenvalue weighted by Crippen LogP contribution is 2.20. The lowest BCUT2D eigenvalue weighted by atomic mass is 10.1. The third-order valence-corrected chi connectivity index (χ3v) is 2.92. The SMILES string of the molecule is CCc1cccc(N=Nc2cccc(CC)c2)c1. The van der Waals surface area contributed by atoms with Crippen LogP contribution in [-0.4, -0.2) is 0 Å². The van der Waals surface area contributed by atoms with Crippen LogP contribution in [0.3, 0.4) is 0 Å². The van der Waals surface area contributed by atoms with Crippen molar-refractivity contribution in [3.05, 3.63) is 59.7 Å². The smallest absolute Gasteiger partial charge is 0.0859 e. The van der Waals surface area contributed by atoms with Gasteiger partial charge in [0.1, 0.15) is 0 Å². The molecule has 0 fully saturated rings. The number of rotatable bonds is 4. The molecule has 0 aliphatic heterocycles. The summed E-state index contributed by atoms with van der Waals surface area (Å²) in [5.41, 5.74) is 4.40. The van der Waals surface area contributed by atoms with Crippen LogP contribution in [0.25, 0.3) is 0 Å². The van der Waals surface area contributed by atoms with Crippen LogP contribution in [0.4, 0.5) is 11.4 Å². The van der Waals surface area contributed by atoms with Gasteiger partial charge in [0, 0.05) is 0 Å². The van der Waals surface area contributed by atoms with Gasteiger partial charge in [-0.2, -0.15) is 10.2 Å². The molecule has 0 unspecified atom stereocenters. The summed E-state index contributed by atoms with van der Waals surface area (Å²) in [6, 6.07) is 16.4. The summed E-state index contributed by atoms with van der Waals surface area (Å²) in [4.78, 5) is 0. The summed E-state index contributed by atoms with van der Waals surface area (Å²) in [5.74, 6) is 0. The van der Waals surface area contributed by atoms with Crippen molar-refractivity contribution in [2.24, 2.45) is 10.2 Å². The molecule has 18 heavy (non-hydrogen) atoms. The zero-order valence-electron chi connectivity index (χ0n) is 10.9. The van der Waals surface area contributed by atoms with Gasteiger partial charge in [0.05, 0.1) is 11.4 Å². The summed E-state index contributed by atoms with van der Waals surface area (Å²) in [6.07, 6.45) is 2.04. The molecule has 0 saturated heterocycles. The molecule has 0 aromatic heterocycles. The monoisotopic (exact) mass is 238 g/mol. The first-order valence-electron chi connectivity index (χ1n) is 6.41. The molecule has 0 radical (unpaired) electrons. The lowest BCUT2D eigenvalue weighted by molar-refractivity contribution is 1.12. The molecule has 0 saturated carbocycles. The van der Waals surface area contributed by atoms with Crippen molar-refractivity contribution < 1.29 is 0 Å². The first-order chi connectivity index (χ1) is 8.81. The Kier molecular flexibility index (Phi) is 4.24. The number of aryl methyl sites for hydroxylation is 2. The Morgan fingerprint density at radius 3 is 1.56 bits per heavy atom. The first-order valence-corrected chi connectivity index (χ1v) is 6.41. The molecule has 2 nitrogen and oxygen atoms in total. The summed E-state index contributed by atoms with van der Waals surface area (Å²) < 4.78 is 0. The Morgan fingerprint density at radius 1 is 0.722 bits per heavy atom. The maximum atomic E-state index is 4.29. The minimum Gasteiger partial charge on any atom is -0.151 e. The van der Waals surface area contributed by atoms with Crippen LogP contribution in [0.1, 0.15) is 25.0 Å². The normalized spacial score (nSPS) is 11.0. The van der Waals surface area contributed by atoms with Crippen LogP contribution in [0.2, 0.25) is 0 Å². The van der Waals surface area contributed by atoms with Gasteiger partial charge < -0.3 is 0 Å². The Hall–Kier alpha value is -1.96. The fraction of sp³-hybridized carbons (Fsp3) is 0.250. The minimum atomic E-state index is 0.913. The Labute approximate surface area is 108 Å². The highest BCUT2D eigenvalue weighted by Gasteiger charge is 1.94. The fourth-order valence-electron chi connectivity index (χ4n) is 1.79. The van der Waals surface area contributed by atoms with Crippen molar-refractivity contribution in [3.8, 4) is 0 Å². The van der Waals surface area contributed by atoms with E-state index in [0.29, 0.717) is 0 Å². The molecule has 0 heterocycles. The molecule has 0 aliphatic carbocycles. The van der Waals surface area contributed by atoms with E-state index >= 15 is 0 Å². The molecule has 2 rings (SSSR count). The van der Waals surface area contributed by atoms with Gasteiger partial charge in [-0.05, 0) is 48.2 Å². The molecule has 2 aromatic rings. The van der Waals surface area contributed by atoms with Gasteiger partial charge >= 0.3 is 0 Å². The molecular weight excluding hydrogens is 220 g/mol. The van der Waals surface area contributed by atoms with Gasteiger partial charge in [0.25, 0.3) is 0 Å². The second-order valence-electron chi connectivity index (χ2n) is 4.25. The van der Waals surface area contributed by atoms with Crippen molar-refractivity contribution in [2.75, 3.05) is 0 Å². The van der Waals surface area contributed by atoms with Crippen LogP contribution < -0.4 is 0 Å². The first kappa shape index (κ1) is 12.5. The molecule has 0 aliphatic rings. The predicted octanol–water partition coefficient (Wildman–Crippen LogP) is 5.23. The summed E-state index contributed by atoms with van der Waals surface area (Å²) in [7, 11) is 0.